The van der Waals surface area contributed by atoms with Crippen LogP contribution in [0.25, 0.3) is 0 Å². The lowest BCUT2D eigenvalue weighted by molar-refractivity contribution is 0.262. The molecule has 0 spiro atoms. The molecular weight excluding hydrogens is 419 g/mol. The van der Waals surface area contributed by atoms with Crippen molar-refractivity contribution in [3.05, 3.63) is 62.5 Å². The highest BCUT2D eigenvalue weighted by Gasteiger charge is 2.10. The van der Waals surface area contributed by atoms with Crippen LogP contribution in [-0.4, -0.2) is 16.2 Å². The minimum atomic E-state index is -0.490. The highest BCUT2D eigenvalue weighted by molar-refractivity contribution is 7.15. The molecule has 0 aliphatic heterocycles. The van der Waals surface area contributed by atoms with Crippen molar-refractivity contribution in [1.29, 1.82) is 0 Å². The van der Waals surface area contributed by atoms with Crippen LogP contribution in [0.15, 0.2) is 42.5 Å². The van der Waals surface area contributed by atoms with E-state index in [2.05, 4.69) is 20.8 Å². The number of nitrogens with zero attached hydrogens (tertiary/aromatic N) is 2. The summed E-state index contributed by atoms with van der Waals surface area (Å²) in [5.41, 5.74) is 0.435. The molecule has 3 aromatic rings. The van der Waals surface area contributed by atoms with E-state index in [4.69, 9.17) is 39.5 Å². The molecule has 2 N–H and O–H groups in total. The highest BCUT2D eigenvalue weighted by atomic mass is 35.5. The Kier molecular flexibility index (Phi) is 6.16. The quantitative estimate of drug-likeness (QED) is 0.544. The molecule has 2 amide bonds. The normalized spacial score (nSPS) is 10.4. The summed E-state index contributed by atoms with van der Waals surface area (Å²) in [6.07, 6.45) is 0. The van der Waals surface area contributed by atoms with Crippen LogP contribution in [0.5, 0.6) is 5.75 Å². The first-order valence-electron chi connectivity index (χ1n) is 7.23. The van der Waals surface area contributed by atoms with Gasteiger partial charge in [0, 0.05) is 10.0 Å². The average Bonchev–Trinajstić information content (AvgIpc) is 3.04. The Hall–Kier alpha value is -2.06. The number of carbonyl (C=O) groups is 1. The summed E-state index contributed by atoms with van der Waals surface area (Å²) < 4.78 is 5.58. The first-order valence-corrected chi connectivity index (χ1v) is 9.18. The van der Waals surface area contributed by atoms with Gasteiger partial charge in [-0.1, -0.05) is 46.1 Å². The number of amides is 2. The van der Waals surface area contributed by atoms with E-state index < -0.39 is 6.03 Å². The fourth-order valence-electron chi connectivity index (χ4n) is 1.88. The zero-order valence-electron chi connectivity index (χ0n) is 13.0. The van der Waals surface area contributed by atoms with Crippen LogP contribution < -0.4 is 15.4 Å². The first kappa shape index (κ1) is 18.7. The van der Waals surface area contributed by atoms with Crippen LogP contribution >= 0.6 is 46.1 Å². The lowest BCUT2D eigenvalue weighted by Crippen LogP contribution is -2.19. The van der Waals surface area contributed by atoms with E-state index in [-0.39, 0.29) is 6.61 Å². The number of carbonyl (C=O) groups excluding carboxylic acids is 1. The van der Waals surface area contributed by atoms with Crippen LogP contribution in [-0.2, 0) is 6.61 Å². The van der Waals surface area contributed by atoms with Gasteiger partial charge in [-0.25, -0.2) is 4.79 Å². The van der Waals surface area contributed by atoms with E-state index in [0.717, 1.165) is 0 Å². The summed E-state index contributed by atoms with van der Waals surface area (Å²) in [6, 6.07) is 11.3. The second-order valence-electron chi connectivity index (χ2n) is 4.95. The topological polar surface area (TPSA) is 76.1 Å². The number of hydrogen-bond acceptors (Lipinski definition) is 5. The lowest BCUT2D eigenvalue weighted by atomic mass is 10.3. The van der Waals surface area contributed by atoms with Crippen molar-refractivity contribution in [2.24, 2.45) is 0 Å². The van der Waals surface area contributed by atoms with Crippen molar-refractivity contribution < 1.29 is 9.53 Å². The number of benzene rings is 2. The molecule has 0 saturated carbocycles. The number of aromatic nitrogens is 2. The van der Waals surface area contributed by atoms with Crippen molar-refractivity contribution in [3.63, 3.8) is 0 Å². The Bertz CT molecular complexity index is 918. The van der Waals surface area contributed by atoms with Crippen molar-refractivity contribution in [1.82, 2.24) is 10.2 Å². The molecule has 0 radical (unpaired) electrons. The molecule has 6 nitrogen and oxygen atoms in total. The monoisotopic (exact) mass is 428 g/mol. The van der Waals surface area contributed by atoms with Crippen LogP contribution in [0.3, 0.4) is 0 Å². The second kappa shape index (κ2) is 8.55. The van der Waals surface area contributed by atoms with Gasteiger partial charge in [0.15, 0.2) is 5.01 Å². The number of rotatable bonds is 5. The van der Waals surface area contributed by atoms with Gasteiger partial charge in [0.05, 0.1) is 10.7 Å². The second-order valence-corrected chi connectivity index (χ2v) is 7.29. The summed E-state index contributed by atoms with van der Waals surface area (Å²) in [6.45, 7) is 0.228. The zero-order valence-corrected chi connectivity index (χ0v) is 16.1. The van der Waals surface area contributed by atoms with E-state index in [1.165, 1.54) is 17.4 Å². The average molecular weight is 430 g/mol. The van der Waals surface area contributed by atoms with Gasteiger partial charge < -0.3 is 10.1 Å². The third-order valence-corrected chi connectivity index (χ3v) is 4.65. The Morgan fingerprint density at radius 3 is 2.46 bits per heavy atom. The van der Waals surface area contributed by atoms with E-state index in [1.807, 2.05) is 0 Å². The molecule has 0 saturated heterocycles. The van der Waals surface area contributed by atoms with Crippen molar-refractivity contribution in [3.8, 4) is 5.75 Å². The molecule has 134 valence electrons. The number of hydrogen-bond donors (Lipinski definition) is 2. The lowest BCUT2D eigenvalue weighted by Gasteiger charge is -2.07. The SMILES string of the molecule is O=C(Nc1nnc(COc2ccc(Cl)cc2)s1)Nc1ccc(Cl)cc1Cl. The number of urea groups is 1. The molecule has 1 heterocycles. The Morgan fingerprint density at radius 2 is 1.73 bits per heavy atom. The molecule has 10 heteroatoms. The third-order valence-electron chi connectivity index (χ3n) is 3.04. The molecule has 1 aromatic heterocycles. The molecule has 0 bridgehead atoms. The smallest absolute Gasteiger partial charge is 0.325 e. The molecule has 0 aliphatic carbocycles. The fourth-order valence-corrected chi connectivity index (χ4v) is 3.11. The Morgan fingerprint density at radius 1 is 1.00 bits per heavy atom. The molecule has 0 aliphatic rings. The molecule has 26 heavy (non-hydrogen) atoms. The number of anilines is 2. The van der Waals surface area contributed by atoms with Gasteiger partial charge in [0.25, 0.3) is 0 Å². The molecule has 0 unspecified atom stereocenters. The third kappa shape index (κ3) is 5.22. The molecule has 2 aromatic carbocycles. The van der Waals surface area contributed by atoms with Crippen LogP contribution in [0, 0.1) is 0 Å². The number of halogens is 3. The first-order chi connectivity index (χ1) is 12.5. The van der Waals surface area contributed by atoms with E-state index in [0.29, 0.717) is 36.6 Å². The fraction of sp³-hybridized carbons (Fsp3) is 0.0625. The maximum Gasteiger partial charge on any atom is 0.325 e. The van der Waals surface area contributed by atoms with Gasteiger partial charge in [0.1, 0.15) is 12.4 Å². The maximum atomic E-state index is 12.0. The van der Waals surface area contributed by atoms with Gasteiger partial charge in [0.2, 0.25) is 5.13 Å². The Labute approximate surface area is 168 Å². The number of nitrogens with one attached hydrogen (secondary N) is 2. The van der Waals surface area contributed by atoms with Crippen LogP contribution in [0.2, 0.25) is 15.1 Å². The highest BCUT2D eigenvalue weighted by Crippen LogP contribution is 2.26. The summed E-state index contributed by atoms with van der Waals surface area (Å²) in [4.78, 5) is 12.0. The molecule has 0 fully saturated rings. The zero-order chi connectivity index (χ0) is 18.5. The minimum absolute atomic E-state index is 0.228. The molecule has 3 rings (SSSR count). The summed E-state index contributed by atoms with van der Waals surface area (Å²) in [7, 11) is 0. The summed E-state index contributed by atoms with van der Waals surface area (Å²) in [5, 5.41) is 15.5. The maximum absolute atomic E-state index is 12.0. The van der Waals surface area contributed by atoms with Gasteiger partial charge in [-0.2, -0.15) is 0 Å². The van der Waals surface area contributed by atoms with Gasteiger partial charge >= 0.3 is 6.03 Å². The van der Waals surface area contributed by atoms with Crippen molar-refractivity contribution >= 4 is 63.0 Å². The van der Waals surface area contributed by atoms with Crippen LogP contribution in [0.4, 0.5) is 15.6 Å². The van der Waals surface area contributed by atoms with Gasteiger partial charge in [-0.05, 0) is 42.5 Å². The number of ether oxygens (including phenoxy) is 1. The van der Waals surface area contributed by atoms with Crippen LogP contribution in [0.1, 0.15) is 5.01 Å². The van der Waals surface area contributed by atoms with Gasteiger partial charge in [-0.15, -0.1) is 10.2 Å². The molecule has 0 atom stereocenters. The predicted molar refractivity (Wildman–Crippen MR) is 105 cm³/mol. The van der Waals surface area contributed by atoms with Gasteiger partial charge in [-0.3, -0.25) is 5.32 Å². The minimum Gasteiger partial charge on any atom is -0.486 e. The Balaban J connectivity index is 1.54. The molecular formula is C16H11Cl3N4O2S. The van der Waals surface area contributed by atoms with Crippen molar-refractivity contribution in [2.45, 2.75) is 6.61 Å². The summed E-state index contributed by atoms with van der Waals surface area (Å²) >= 11 is 18.9. The van der Waals surface area contributed by atoms with E-state index in [1.54, 1.807) is 36.4 Å². The van der Waals surface area contributed by atoms with Crippen molar-refractivity contribution in [2.75, 3.05) is 10.6 Å². The standard InChI is InChI=1S/C16H11Cl3N4O2S/c17-9-1-4-11(5-2-9)25-8-14-22-23-16(26-14)21-15(24)20-13-6-3-10(18)7-12(13)19/h1-7H,8H2,(H2,20,21,23,24). The summed E-state index contributed by atoms with van der Waals surface area (Å²) in [5.74, 6) is 0.661. The van der Waals surface area contributed by atoms with E-state index in [9.17, 15) is 4.79 Å². The van der Waals surface area contributed by atoms with E-state index >= 15 is 0 Å². The predicted octanol–water partition coefficient (Wildman–Crippen LogP) is 5.72. The largest absolute Gasteiger partial charge is 0.486 e.